The van der Waals surface area contributed by atoms with Crippen molar-refractivity contribution >= 4 is 58.2 Å². The van der Waals surface area contributed by atoms with E-state index in [2.05, 4.69) is 58.2 Å². The van der Waals surface area contributed by atoms with Gasteiger partial charge < -0.3 is 0 Å². The Balaban J connectivity index is 4.43. The van der Waals surface area contributed by atoms with Crippen LogP contribution in [0.4, 0.5) is 0 Å². The molecule has 0 aliphatic rings. The first kappa shape index (κ1) is 11.1. The minimum atomic E-state index is -3.20. The summed E-state index contributed by atoms with van der Waals surface area (Å²) in [7, 11) is 16.9. The third-order valence-corrected chi connectivity index (χ3v) is 0. The Bertz CT molecular complexity index is 62.7. The van der Waals surface area contributed by atoms with Crippen LogP contribution < -0.4 is 0 Å². The van der Waals surface area contributed by atoms with Gasteiger partial charge in [0, 0.05) is 0 Å². The van der Waals surface area contributed by atoms with E-state index in [9.17, 15) is 0 Å². The van der Waals surface area contributed by atoms with E-state index < -0.39 is 8.44 Å². The van der Waals surface area contributed by atoms with Crippen molar-refractivity contribution in [2.75, 3.05) is 0 Å². The van der Waals surface area contributed by atoms with E-state index in [-0.39, 0.29) is 0 Å². The SMILES string of the molecule is [Br][Ho]([Br])([Br])([Br])([Br])[Br]. The monoisotopic (exact) mass is 638 g/mol. The molecule has 0 aromatic carbocycles. The minimum absolute atomic E-state index is 3.20. The topological polar surface area (TPSA) is 0 Å². The summed E-state index contributed by atoms with van der Waals surface area (Å²) in [4.78, 5) is 0. The quantitative estimate of drug-likeness (QED) is 0.324. The fraction of sp³-hybridized carbons (Fsp3) is 0. The molecule has 0 atom stereocenters. The van der Waals surface area contributed by atoms with Crippen LogP contribution >= 0.6 is 58.2 Å². The molecule has 0 nitrogen and oxygen atoms in total. The maximum absolute atomic E-state index is 3.34. The van der Waals surface area contributed by atoms with Crippen molar-refractivity contribution in [3.63, 3.8) is 0 Å². The Hall–Kier alpha value is 4.14. The molecule has 0 aromatic rings. The van der Waals surface area contributed by atoms with Gasteiger partial charge in [-0.1, -0.05) is 0 Å². The second-order valence-electron chi connectivity index (χ2n) is 0.646. The number of halogens is 6. The molecule has 0 radical (unpaired) electrons. The van der Waals surface area contributed by atoms with Crippen molar-refractivity contribution in [1.82, 2.24) is 0 Å². The Labute approximate surface area is 63.6 Å². The number of hydrogen-bond donors (Lipinski definition) is 0. The standard InChI is InChI=1S/6BrH.Ho/h6*1H;/q;;;;;;+6/p-6. The van der Waals surface area contributed by atoms with Gasteiger partial charge in [0.05, 0.1) is 0 Å². The Morgan fingerprint density at radius 3 is 0.571 bits per heavy atom. The van der Waals surface area contributed by atoms with Crippen LogP contribution in [-0.2, 0) is 0 Å². The molecule has 0 saturated carbocycles. The van der Waals surface area contributed by atoms with Crippen LogP contribution in [0, 0.1) is 8.44 Å². The fourth-order valence-corrected chi connectivity index (χ4v) is 0. The van der Waals surface area contributed by atoms with E-state index in [4.69, 9.17) is 0 Å². The second-order valence-corrected chi connectivity index (χ2v) is 129. The molecule has 0 aliphatic carbocycles. The molecular formula is Br6Ho. The first-order valence-corrected chi connectivity index (χ1v) is 26.3. The summed E-state index contributed by atoms with van der Waals surface area (Å²) in [5, 5.41) is 0. The number of hydrogen-bond acceptors (Lipinski definition) is 0. The number of rotatable bonds is 0. The van der Waals surface area contributed by atoms with Crippen LogP contribution in [-0.4, -0.2) is 0 Å². The van der Waals surface area contributed by atoms with E-state index in [0.29, 0.717) is 0 Å². The first-order chi connectivity index (χ1) is 2.45. The zero-order chi connectivity index (χ0) is 6.41. The Morgan fingerprint density at radius 2 is 0.571 bits per heavy atom. The molecule has 0 fully saturated rings. The summed E-state index contributed by atoms with van der Waals surface area (Å²) in [5.41, 5.74) is 0. The van der Waals surface area contributed by atoms with E-state index >= 15 is 0 Å². The van der Waals surface area contributed by atoms with Crippen LogP contribution in [0.5, 0.6) is 0 Å². The molecule has 0 N–H and O–H groups in total. The Kier molecular flexibility index (Phi) is 3.68. The summed E-state index contributed by atoms with van der Waals surface area (Å²) in [6.45, 7) is 0. The van der Waals surface area contributed by atoms with Gasteiger partial charge in [-0.3, -0.25) is 0 Å². The fourth-order valence-electron chi connectivity index (χ4n) is 0. The van der Waals surface area contributed by atoms with Crippen LogP contribution in [0.1, 0.15) is 0 Å². The van der Waals surface area contributed by atoms with Gasteiger partial charge in [-0.2, -0.15) is 0 Å². The zero-order valence-electron chi connectivity index (χ0n) is 2.57. The average molecular weight is 644 g/mol. The van der Waals surface area contributed by atoms with Crippen molar-refractivity contribution in [3.8, 4) is 0 Å². The van der Waals surface area contributed by atoms with Crippen molar-refractivity contribution in [2.45, 2.75) is 0 Å². The molecule has 7 heavy (non-hydrogen) atoms. The predicted octanol–water partition coefficient (Wildman–Crippen LogP) is 5.07. The molecule has 0 heterocycles. The third kappa shape index (κ3) is 39.2. The molecule has 0 aliphatic heterocycles. The summed E-state index contributed by atoms with van der Waals surface area (Å²) in [6.07, 6.45) is 0. The predicted molar refractivity (Wildman–Crippen MR) is 53.6 cm³/mol. The van der Waals surface area contributed by atoms with E-state index in [1.54, 1.807) is 0 Å². The molecule has 0 amide bonds. The first-order valence-electron chi connectivity index (χ1n) is 0.684. The second kappa shape index (κ2) is 2.31. The average Bonchev–Trinajstić information content (AvgIpc) is 0.592. The maximum atomic E-state index is 3.34. The summed E-state index contributed by atoms with van der Waals surface area (Å²) < 4.78 is 0. The van der Waals surface area contributed by atoms with Gasteiger partial charge in [-0.05, 0) is 0 Å². The molecule has 0 saturated heterocycles. The van der Waals surface area contributed by atoms with Crippen LogP contribution in [0.15, 0.2) is 0 Å². The van der Waals surface area contributed by atoms with Crippen molar-refractivity contribution in [3.05, 3.63) is 0 Å². The normalized spacial score (nSPS) is 23.1. The van der Waals surface area contributed by atoms with Gasteiger partial charge in [-0.15, -0.1) is 0 Å². The summed E-state index contributed by atoms with van der Waals surface area (Å²) >= 11 is 0. The molecule has 0 aromatic heterocycles. The molecule has 7 heteroatoms. The van der Waals surface area contributed by atoms with Crippen molar-refractivity contribution < 1.29 is 8.44 Å². The van der Waals surface area contributed by atoms with Gasteiger partial charge in [0.15, 0.2) is 0 Å². The van der Waals surface area contributed by atoms with E-state index in [1.165, 1.54) is 0 Å². The summed E-state index contributed by atoms with van der Waals surface area (Å²) in [6, 6.07) is 0. The Morgan fingerprint density at radius 1 is 0.571 bits per heavy atom. The molecule has 53 valence electrons. The van der Waals surface area contributed by atoms with Crippen LogP contribution in [0.2, 0.25) is 0 Å². The van der Waals surface area contributed by atoms with Gasteiger partial charge >= 0.3 is 66.6 Å². The van der Waals surface area contributed by atoms with Crippen LogP contribution in [0.25, 0.3) is 0 Å². The third-order valence-electron chi connectivity index (χ3n) is 0. The van der Waals surface area contributed by atoms with Gasteiger partial charge in [0.2, 0.25) is 0 Å². The summed E-state index contributed by atoms with van der Waals surface area (Å²) in [5.74, 6) is 0. The van der Waals surface area contributed by atoms with Crippen LogP contribution in [0.3, 0.4) is 0 Å². The molecule has 0 bridgehead atoms. The molecule has 0 rings (SSSR count). The van der Waals surface area contributed by atoms with Crippen molar-refractivity contribution in [2.24, 2.45) is 0 Å². The molecule has 0 unspecified atom stereocenters. The van der Waals surface area contributed by atoms with E-state index in [0.717, 1.165) is 0 Å². The van der Waals surface area contributed by atoms with Gasteiger partial charge in [-0.25, -0.2) is 0 Å². The molecular weight excluding hydrogens is 644 g/mol. The van der Waals surface area contributed by atoms with Gasteiger partial charge in [0.25, 0.3) is 0 Å². The van der Waals surface area contributed by atoms with Crippen molar-refractivity contribution in [1.29, 1.82) is 0 Å². The van der Waals surface area contributed by atoms with Gasteiger partial charge in [0.1, 0.15) is 0 Å². The zero-order valence-corrected chi connectivity index (χ0v) is 14.0. The molecule has 0 spiro atoms. The van der Waals surface area contributed by atoms with E-state index in [1.807, 2.05) is 0 Å².